The molecule has 0 spiro atoms. The fourth-order valence-corrected chi connectivity index (χ4v) is 3.62. The van der Waals surface area contributed by atoms with Crippen LogP contribution in [0.3, 0.4) is 0 Å². The van der Waals surface area contributed by atoms with Gasteiger partial charge in [0, 0.05) is 56.2 Å². The topological polar surface area (TPSA) is 94.1 Å². The van der Waals surface area contributed by atoms with Gasteiger partial charge in [-0.1, -0.05) is 12.6 Å². The minimum absolute atomic E-state index is 0.237. The second-order valence-electron chi connectivity index (χ2n) is 7.14. The van der Waals surface area contributed by atoms with Crippen LogP contribution in [0, 0.1) is 0 Å². The summed E-state index contributed by atoms with van der Waals surface area (Å²) in [5.74, 6) is 6.63. The number of anilines is 2. The van der Waals surface area contributed by atoms with Crippen molar-refractivity contribution in [3.8, 4) is 11.1 Å². The number of aromatic nitrogens is 4. The van der Waals surface area contributed by atoms with Gasteiger partial charge < -0.3 is 15.1 Å². The third-order valence-electron chi connectivity index (χ3n) is 5.30. The maximum atomic E-state index is 5.76. The summed E-state index contributed by atoms with van der Waals surface area (Å²) >= 11 is 0. The van der Waals surface area contributed by atoms with Crippen molar-refractivity contribution in [3.05, 3.63) is 60.8 Å². The summed E-state index contributed by atoms with van der Waals surface area (Å²) in [5, 5.41) is 4.25. The molecule has 150 valence electrons. The molecule has 4 rings (SSSR count). The summed E-state index contributed by atoms with van der Waals surface area (Å²) in [4.78, 5) is 11.1. The van der Waals surface area contributed by atoms with Gasteiger partial charge in [0.05, 0.1) is 23.7 Å². The molecule has 1 atom stereocenters. The largest absolute Gasteiger partial charge is 0.380 e. The fraction of sp³-hybridized carbons (Fsp3) is 0.286. The van der Waals surface area contributed by atoms with Gasteiger partial charge in [-0.2, -0.15) is 5.10 Å². The van der Waals surface area contributed by atoms with Crippen LogP contribution in [-0.4, -0.2) is 46.1 Å². The van der Waals surface area contributed by atoms with E-state index in [2.05, 4.69) is 32.0 Å². The Hall–Kier alpha value is -3.23. The van der Waals surface area contributed by atoms with E-state index >= 15 is 0 Å². The van der Waals surface area contributed by atoms with Gasteiger partial charge in [-0.15, -0.1) is 0 Å². The van der Waals surface area contributed by atoms with Crippen molar-refractivity contribution >= 4 is 17.1 Å². The molecule has 1 aromatic carbocycles. The van der Waals surface area contributed by atoms with Gasteiger partial charge in [-0.3, -0.25) is 10.5 Å². The van der Waals surface area contributed by atoms with Gasteiger partial charge in [-0.05, 0) is 24.1 Å². The molecular weight excluding hydrogens is 366 g/mol. The lowest BCUT2D eigenvalue weighted by Crippen LogP contribution is -2.23. The molecule has 1 aliphatic heterocycles. The number of aryl methyl sites for hydroxylation is 1. The SMILES string of the molecule is C=C(c1cc(N2CC[C@H](OC)C2)ncn1)c1cc(-c2cnn(C)c2)ccc1NN. The fourth-order valence-electron chi connectivity index (χ4n) is 3.62. The molecule has 0 radical (unpaired) electrons. The molecule has 0 bridgehead atoms. The standard InChI is InChI=1S/C21H25N7O/c1-14(20-9-21(24-13-23-20)28-7-6-17(12-28)29-3)18-8-15(4-5-19(18)26-22)16-10-25-27(2)11-16/h4-5,8-11,13,17,26H,1,6-7,12,22H2,2-3H3/t17-/m0/s1. The zero-order valence-corrected chi connectivity index (χ0v) is 16.7. The lowest BCUT2D eigenvalue weighted by atomic mass is 9.97. The molecule has 3 aromatic rings. The number of rotatable bonds is 6. The molecule has 8 heteroatoms. The first-order valence-electron chi connectivity index (χ1n) is 9.48. The number of nitrogen functional groups attached to an aromatic ring is 1. The average Bonchev–Trinajstić information content (AvgIpc) is 3.42. The number of methoxy groups -OCH3 is 1. The number of hydrazine groups is 1. The number of ether oxygens (including phenoxy) is 1. The number of benzene rings is 1. The Morgan fingerprint density at radius 1 is 1.28 bits per heavy atom. The molecule has 0 aliphatic carbocycles. The highest BCUT2D eigenvalue weighted by atomic mass is 16.5. The van der Waals surface area contributed by atoms with Crippen LogP contribution >= 0.6 is 0 Å². The van der Waals surface area contributed by atoms with E-state index in [4.69, 9.17) is 10.6 Å². The monoisotopic (exact) mass is 391 g/mol. The molecule has 2 aromatic heterocycles. The van der Waals surface area contributed by atoms with E-state index in [1.165, 1.54) is 0 Å². The van der Waals surface area contributed by atoms with Crippen LogP contribution in [0.15, 0.2) is 49.6 Å². The third kappa shape index (κ3) is 3.85. The highest BCUT2D eigenvalue weighted by Gasteiger charge is 2.23. The third-order valence-corrected chi connectivity index (χ3v) is 5.30. The van der Waals surface area contributed by atoms with Crippen molar-refractivity contribution < 1.29 is 4.74 Å². The molecule has 1 aliphatic rings. The molecular formula is C21H25N7O. The minimum Gasteiger partial charge on any atom is -0.380 e. The predicted molar refractivity (Wildman–Crippen MR) is 114 cm³/mol. The molecule has 3 heterocycles. The van der Waals surface area contributed by atoms with Crippen LogP contribution in [0.5, 0.6) is 0 Å². The van der Waals surface area contributed by atoms with Crippen LogP contribution in [0.2, 0.25) is 0 Å². The molecule has 0 unspecified atom stereocenters. The van der Waals surface area contributed by atoms with E-state index in [0.29, 0.717) is 0 Å². The molecule has 8 nitrogen and oxygen atoms in total. The van der Waals surface area contributed by atoms with Gasteiger partial charge in [0.15, 0.2) is 0 Å². The van der Waals surface area contributed by atoms with Crippen LogP contribution in [0.1, 0.15) is 17.7 Å². The Labute approximate surface area is 170 Å². The lowest BCUT2D eigenvalue weighted by molar-refractivity contribution is 0.121. The Morgan fingerprint density at radius 3 is 2.83 bits per heavy atom. The molecule has 0 saturated carbocycles. The second kappa shape index (κ2) is 8.02. The van der Waals surface area contributed by atoms with Crippen LogP contribution in [0.25, 0.3) is 16.7 Å². The first-order valence-corrected chi connectivity index (χ1v) is 9.48. The number of nitrogens with zero attached hydrogens (tertiary/aromatic N) is 5. The summed E-state index contributed by atoms with van der Waals surface area (Å²) < 4.78 is 7.24. The first kappa shape index (κ1) is 19.1. The van der Waals surface area contributed by atoms with E-state index in [0.717, 1.165) is 59.0 Å². The molecule has 1 fully saturated rings. The van der Waals surface area contributed by atoms with Crippen molar-refractivity contribution in [2.24, 2.45) is 12.9 Å². The predicted octanol–water partition coefficient (Wildman–Crippen LogP) is 2.45. The van der Waals surface area contributed by atoms with Crippen LogP contribution < -0.4 is 16.2 Å². The number of nitrogens with one attached hydrogen (secondary N) is 1. The highest BCUT2D eigenvalue weighted by Crippen LogP contribution is 2.32. The van der Waals surface area contributed by atoms with E-state index < -0.39 is 0 Å². The molecule has 0 amide bonds. The molecule has 1 saturated heterocycles. The summed E-state index contributed by atoms with van der Waals surface area (Å²) in [7, 11) is 3.64. The summed E-state index contributed by atoms with van der Waals surface area (Å²) in [6.07, 6.45) is 6.61. The van der Waals surface area contributed by atoms with Gasteiger partial charge in [0.25, 0.3) is 0 Å². The highest BCUT2D eigenvalue weighted by molar-refractivity contribution is 5.86. The number of nitrogens with two attached hydrogens (primary N) is 1. The zero-order valence-electron chi connectivity index (χ0n) is 16.7. The smallest absolute Gasteiger partial charge is 0.132 e. The van der Waals surface area contributed by atoms with Crippen molar-refractivity contribution in [3.63, 3.8) is 0 Å². The normalized spacial score (nSPS) is 16.2. The van der Waals surface area contributed by atoms with Crippen LogP contribution in [-0.2, 0) is 11.8 Å². The van der Waals surface area contributed by atoms with E-state index in [9.17, 15) is 0 Å². The van der Waals surface area contributed by atoms with Crippen molar-refractivity contribution in [2.75, 3.05) is 30.5 Å². The van der Waals surface area contributed by atoms with Crippen LogP contribution in [0.4, 0.5) is 11.5 Å². The van der Waals surface area contributed by atoms with Gasteiger partial charge in [0.2, 0.25) is 0 Å². The van der Waals surface area contributed by atoms with Crippen molar-refractivity contribution in [1.82, 2.24) is 19.7 Å². The minimum atomic E-state index is 0.237. The number of hydrogen-bond donors (Lipinski definition) is 2. The Kier molecular flexibility index (Phi) is 5.28. The van der Waals surface area contributed by atoms with Crippen molar-refractivity contribution in [2.45, 2.75) is 12.5 Å². The quantitative estimate of drug-likeness (QED) is 0.492. The lowest BCUT2D eigenvalue weighted by Gasteiger charge is -2.18. The maximum Gasteiger partial charge on any atom is 0.132 e. The van der Waals surface area contributed by atoms with Gasteiger partial charge in [0.1, 0.15) is 12.1 Å². The van der Waals surface area contributed by atoms with E-state index in [-0.39, 0.29) is 6.10 Å². The van der Waals surface area contributed by atoms with Gasteiger partial charge >= 0.3 is 0 Å². The van der Waals surface area contributed by atoms with Crippen molar-refractivity contribution in [1.29, 1.82) is 0 Å². The molecule has 29 heavy (non-hydrogen) atoms. The van der Waals surface area contributed by atoms with Gasteiger partial charge in [-0.25, -0.2) is 9.97 Å². The maximum absolute atomic E-state index is 5.76. The van der Waals surface area contributed by atoms with E-state index in [1.54, 1.807) is 18.1 Å². The summed E-state index contributed by atoms with van der Waals surface area (Å²) in [5.41, 5.74) is 8.02. The average molecular weight is 391 g/mol. The Morgan fingerprint density at radius 2 is 2.14 bits per heavy atom. The summed E-state index contributed by atoms with van der Waals surface area (Å²) in [6, 6.07) is 7.96. The van der Waals surface area contributed by atoms with E-state index in [1.807, 2.05) is 43.7 Å². The first-order chi connectivity index (χ1) is 14.1. The zero-order chi connectivity index (χ0) is 20.4. The second-order valence-corrected chi connectivity index (χ2v) is 7.14. The Balaban J connectivity index is 1.66. The Bertz CT molecular complexity index is 1030. The summed E-state index contributed by atoms with van der Waals surface area (Å²) in [6.45, 7) is 6.03. The number of hydrogen-bond acceptors (Lipinski definition) is 7. The molecule has 3 N–H and O–H groups in total.